The summed E-state index contributed by atoms with van der Waals surface area (Å²) >= 11 is 7.58. The van der Waals surface area contributed by atoms with Crippen molar-refractivity contribution >= 4 is 91.6 Å². The van der Waals surface area contributed by atoms with Crippen molar-refractivity contribution in [3.8, 4) is 21.9 Å². The first-order valence-electron chi connectivity index (χ1n) is 32.9. The molecule has 4 atom stereocenters. The number of thiazole rings is 1. The van der Waals surface area contributed by atoms with Gasteiger partial charge >= 0.3 is 0 Å². The molecule has 6 heterocycles. The molecule has 0 bridgehead atoms. The molecule has 6 amide bonds. The van der Waals surface area contributed by atoms with E-state index in [1.165, 1.54) is 63.2 Å². The molecule has 9 aromatic rings. The average molecular weight is 1420 g/mol. The van der Waals surface area contributed by atoms with Crippen molar-refractivity contribution in [2.45, 2.75) is 110 Å². The first-order valence-corrected chi connectivity index (χ1v) is 34.1. The summed E-state index contributed by atoms with van der Waals surface area (Å²) in [5.74, 6) is -3.16. The molecule has 6 N–H and O–H groups in total. The van der Waals surface area contributed by atoms with Crippen molar-refractivity contribution in [2.75, 3.05) is 58.4 Å². The molecule has 2 saturated heterocycles. The second kappa shape index (κ2) is 32.3. The molecular formula is C71H76ClF2N15O11S. The Balaban J connectivity index is 0.692. The van der Waals surface area contributed by atoms with Gasteiger partial charge in [0.1, 0.15) is 47.6 Å². The number of aryl methyl sites for hydroxylation is 2. The molecule has 5 aromatic carbocycles. The van der Waals surface area contributed by atoms with Gasteiger partial charge in [0, 0.05) is 94.0 Å². The number of aliphatic hydroxyl groups excluding tert-OH is 1. The van der Waals surface area contributed by atoms with Crippen LogP contribution in [0.1, 0.15) is 91.4 Å². The van der Waals surface area contributed by atoms with Gasteiger partial charge < -0.3 is 55.3 Å². The van der Waals surface area contributed by atoms with Crippen LogP contribution in [-0.4, -0.2) is 173 Å². The van der Waals surface area contributed by atoms with Gasteiger partial charge in [0.15, 0.2) is 11.5 Å². The third kappa shape index (κ3) is 17.8. The summed E-state index contributed by atoms with van der Waals surface area (Å²) in [6.07, 6.45) is 2.66. The van der Waals surface area contributed by atoms with E-state index >= 15 is 4.39 Å². The van der Waals surface area contributed by atoms with Crippen LogP contribution in [0, 0.1) is 24.0 Å². The number of likely N-dealkylation sites (tertiary alicyclic amines) is 1. The van der Waals surface area contributed by atoms with Crippen molar-refractivity contribution < 1.29 is 56.9 Å². The monoisotopic (exact) mass is 1420 g/mol. The number of hydrogen-bond donors (Lipinski definition) is 6. The third-order valence-electron chi connectivity index (χ3n) is 17.5. The summed E-state index contributed by atoms with van der Waals surface area (Å²) in [6, 6.07) is 23.3. The number of amides is 6. The van der Waals surface area contributed by atoms with Crippen LogP contribution in [0.3, 0.4) is 0 Å². The van der Waals surface area contributed by atoms with E-state index in [9.17, 15) is 43.1 Å². The van der Waals surface area contributed by atoms with Crippen molar-refractivity contribution in [3.05, 3.63) is 176 Å². The van der Waals surface area contributed by atoms with Crippen LogP contribution in [0.25, 0.3) is 32.1 Å². The van der Waals surface area contributed by atoms with Crippen LogP contribution in [-0.2, 0) is 54.8 Å². The lowest BCUT2D eigenvalue weighted by Gasteiger charge is -2.36. The molecule has 0 saturated carbocycles. The number of nitrogens with one attached hydrogen (secondary N) is 5. The number of rotatable bonds is 27. The number of anilines is 2. The Bertz CT molecular complexity index is 4580. The Labute approximate surface area is 588 Å². The predicted octanol–water partition coefficient (Wildman–Crippen LogP) is 7.60. The number of carbonyl (C=O) groups excluding carboxylic acids is 6. The lowest BCUT2D eigenvalue weighted by atomic mass is 9.85. The average Bonchev–Trinajstić information content (AvgIpc) is 1.55. The van der Waals surface area contributed by atoms with Gasteiger partial charge in [-0.05, 0) is 84.3 Å². The lowest BCUT2D eigenvalue weighted by molar-refractivity contribution is -0.144. The summed E-state index contributed by atoms with van der Waals surface area (Å²) in [5, 5.41) is 39.2. The number of aliphatic hydroxyl groups is 1. The number of benzene rings is 5. The number of ether oxygens (including phenoxy) is 3. The van der Waals surface area contributed by atoms with Gasteiger partial charge in [-0.2, -0.15) is 5.10 Å². The highest BCUT2D eigenvalue weighted by atomic mass is 35.5. The summed E-state index contributed by atoms with van der Waals surface area (Å²) in [5.41, 5.74) is 5.78. The molecule has 11 rings (SSSR count). The topological polar surface area (TPSA) is 323 Å². The van der Waals surface area contributed by atoms with Gasteiger partial charge in [-0.25, -0.2) is 28.8 Å². The maximum absolute atomic E-state index is 15.5. The second-order valence-electron chi connectivity index (χ2n) is 25.8. The van der Waals surface area contributed by atoms with Gasteiger partial charge in [0.2, 0.25) is 29.5 Å². The van der Waals surface area contributed by atoms with Gasteiger partial charge in [0.25, 0.3) is 11.5 Å². The zero-order valence-corrected chi connectivity index (χ0v) is 57.7. The molecule has 2 fully saturated rings. The van der Waals surface area contributed by atoms with E-state index in [2.05, 4.69) is 56.7 Å². The molecule has 30 heteroatoms. The molecular weight excluding hydrogens is 1340 g/mol. The van der Waals surface area contributed by atoms with Gasteiger partial charge in [0.05, 0.1) is 82.5 Å². The Morgan fingerprint density at radius 3 is 2.30 bits per heavy atom. The number of aromatic nitrogens is 8. The SMILES string of the molecule is COc1cc2ncnc(Nc3ccc(F)c(Cl)c3)c2cc1OCCCC(=O)NC(COCc1cn(CCCC(=O)N[C@H](C(=O)N2C[C@H](O)C[C@H]2C(=O)NCc2ccc(-c3scnc3C)cc2)C(C)(C)C)nn1)C(=O)N1CCN(C(=O)c2cc(Cc3n[nH]c(=O)c4ccccc34)ccc2F)CC1. The number of methoxy groups -OCH3 is 1. The van der Waals surface area contributed by atoms with Crippen molar-refractivity contribution in [1.29, 1.82) is 0 Å². The minimum atomic E-state index is -1.22. The second-order valence-corrected chi connectivity index (χ2v) is 27.0. The highest BCUT2D eigenvalue weighted by Gasteiger charge is 2.44. The Morgan fingerprint density at radius 2 is 1.55 bits per heavy atom. The Kier molecular flexibility index (Phi) is 23.0. The molecule has 2 aliphatic heterocycles. The van der Waals surface area contributed by atoms with Crippen molar-refractivity contribution in [3.63, 3.8) is 0 Å². The van der Waals surface area contributed by atoms with E-state index in [4.69, 9.17) is 25.8 Å². The Hall–Kier alpha value is -10.4. The number of halogens is 3. The number of nitrogens with zero attached hydrogens (tertiary/aromatic N) is 10. The zero-order chi connectivity index (χ0) is 71.5. The minimum Gasteiger partial charge on any atom is -0.493 e. The standard InChI is InChI=1S/C71H76ClF2N15O11S/c1-41-63(101-40-78-41)44-17-14-42(15-18-44)34-75-67(94)58-31-47(90)36-89(58)70(97)64(71(2,3)4)81-62(92)12-8-22-88-35-46(82-85-88)37-99-38-57(80-61(91)13-9-27-100-60-32-51-55(33-59(60)98-5)76-39-77-65(51)79-45-19-21-54(74)52(72)30-45)69(96)87-25-23-86(24-26-87)68(95)50-28-43(16-20-53(50)73)29-56-48-10-6-7-11-49(48)66(93)84-83-56/h6-7,10-11,14-21,28,30,32-33,35,39-40,47,57-58,64,90H,8-9,12-13,22-27,29,31,34,36-38H2,1-5H3,(H,75,94)(H,80,91)(H,81,92)(H,84,93)(H,76,77,79)/t47-,57?,58+,64-/m1/s1. The quantitative estimate of drug-likeness (QED) is 0.0270. The van der Waals surface area contributed by atoms with E-state index in [1.54, 1.807) is 65.5 Å². The summed E-state index contributed by atoms with van der Waals surface area (Å²) in [4.78, 5) is 115. The maximum Gasteiger partial charge on any atom is 0.272 e. The lowest BCUT2D eigenvalue weighted by Crippen LogP contribution is -2.57. The summed E-state index contributed by atoms with van der Waals surface area (Å²) in [7, 11) is 1.47. The van der Waals surface area contributed by atoms with Crippen LogP contribution in [0.15, 0.2) is 120 Å². The summed E-state index contributed by atoms with van der Waals surface area (Å²) < 4.78 is 48.8. The number of β-amino-alcohol motifs (C(OH)–C–C–N with tert-alkyl or cyclic N) is 1. The molecule has 26 nitrogen and oxygen atoms in total. The maximum atomic E-state index is 15.5. The van der Waals surface area contributed by atoms with Crippen LogP contribution in [0.2, 0.25) is 5.02 Å². The number of H-pyrrole nitrogens is 1. The molecule has 0 radical (unpaired) electrons. The highest BCUT2D eigenvalue weighted by molar-refractivity contribution is 7.13. The van der Waals surface area contributed by atoms with Gasteiger partial charge in [-0.3, -0.25) is 38.2 Å². The number of fused-ring (bicyclic) bond motifs is 2. The van der Waals surface area contributed by atoms with Crippen LogP contribution in [0.4, 0.5) is 20.3 Å². The van der Waals surface area contributed by atoms with E-state index in [0.29, 0.717) is 61.6 Å². The predicted molar refractivity (Wildman–Crippen MR) is 372 cm³/mol. The highest BCUT2D eigenvalue weighted by Crippen LogP contribution is 2.36. The fourth-order valence-electron chi connectivity index (χ4n) is 12.1. The fourth-order valence-corrected chi connectivity index (χ4v) is 13.1. The van der Waals surface area contributed by atoms with E-state index in [-0.39, 0.29) is 120 Å². The first kappa shape index (κ1) is 71.9. The number of hydrogen-bond acceptors (Lipinski definition) is 19. The molecule has 1 unspecified atom stereocenters. The van der Waals surface area contributed by atoms with Crippen molar-refractivity contribution in [2.24, 2.45) is 5.41 Å². The first-order chi connectivity index (χ1) is 48.6. The molecule has 101 heavy (non-hydrogen) atoms. The van der Waals surface area contributed by atoms with E-state index in [1.807, 2.05) is 52.0 Å². The fraction of sp³-hybridized carbons (Fsp3) is 0.366. The van der Waals surface area contributed by atoms with E-state index in [0.717, 1.165) is 21.7 Å². The molecule has 0 aliphatic carbocycles. The van der Waals surface area contributed by atoms with Crippen molar-refractivity contribution in [1.82, 2.24) is 70.8 Å². The minimum absolute atomic E-state index is 0.00116. The number of carbonyl (C=O) groups is 6. The largest absolute Gasteiger partial charge is 0.493 e. The van der Waals surface area contributed by atoms with Crippen LogP contribution >= 0.6 is 22.9 Å². The third-order valence-corrected chi connectivity index (χ3v) is 18.7. The van der Waals surface area contributed by atoms with Gasteiger partial charge in [-0.15, -0.1) is 16.4 Å². The number of aromatic amines is 1. The zero-order valence-electron chi connectivity index (χ0n) is 56.1. The normalized spacial score (nSPS) is 15.3. The molecule has 528 valence electrons. The smallest absolute Gasteiger partial charge is 0.272 e. The van der Waals surface area contributed by atoms with Crippen LogP contribution < -0.4 is 36.3 Å². The number of piperazine rings is 1. The van der Waals surface area contributed by atoms with Gasteiger partial charge in [-0.1, -0.05) is 86.1 Å². The molecule has 4 aromatic heterocycles. The van der Waals surface area contributed by atoms with Crippen LogP contribution in [0.5, 0.6) is 11.5 Å². The Morgan fingerprint density at radius 1 is 0.822 bits per heavy atom. The van der Waals surface area contributed by atoms with E-state index < -0.39 is 76.7 Å². The molecule has 0 spiro atoms. The molecule has 2 aliphatic rings. The summed E-state index contributed by atoms with van der Waals surface area (Å²) in [6.45, 7) is 7.51.